The van der Waals surface area contributed by atoms with E-state index in [1.54, 1.807) is 6.92 Å². The highest BCUT2D eigenvalue weighted by Gasteiger charge is 2.20. The highest BCUT2D eigenvalue weighted by Crippen LogP contribution is 2.28. The molecule has 0 radical (unpaired) electrons. The molecule has 0 bridgehead atoms. The molecule has 1 atom stereocenters. The van der Waals surface area contributed by atoms with Crippen LogP contribution in [0, 0.1) is 11.8 Å². The summed E-state index contributed by atoms with van der Waals surface area (Å²) >= 11 is 0. The predicted octanol–water partition coefficient (Wildman–Crippen LogP) is 0.823. The van der Waals surface area contributed by atoms with Gasteiger partial charge in [0, 0.05) is 26.1 Å². The van der Waals surface area contributed by atoms with E-state index in [-0.39, 0.29) is 18.4 Å². The molecule has 2 amide bonds. The van der Waals surface area contributed by atoms with Crippen molar-refractivity contribution in [3.63, 3.8) is 0 Å². The van der Waals surface area contributed by atoms with Crippen molar-refractivity contribution in [2.45, 2.75) is 26.2 Å². The molecule has 0 aromatic heterocycles. The number of urea groups is 1. The number of carboxylic acid groups (broad SMARTS) is 1. The van der Waals surface area contributed by atoms with Crippen molar-refractivity contribution in [1.82, 2.24) is 10.6 Å². The number of amides is 2. The molecule has 104 valence electrons. The minimum atomic E-state index is -0.849. The number of aliphatic carboxylic acids is 1. The lowest BCUT2D eigenvalue weighted by Crippen LogP contribution is -2.39. The lowest BCUT2D eigenvalue weighted by atomic mass is 10.1. The largest absolute Gasteiger partial charge is 0.481 e. The number of hydrogen-bond donors (Lipinski definition) is 3. The quantitative estimate of drug-likeness (QED) is 0.534. The van der Waals surface area contributed by atoms with E-state index >= 15 is 0 Å². The monoisotopic (exact) mass is 258 g/mol. The van der Waals surface area contributed by atoms with Gasteiger partial charge in [0.1, 0.15) is 0 Å². The van der Waals surface area contributed by atoms with E-state index in [1.807, 2.05) is 0 Å². The van der Waals surface area contributed by atoms with Crippen molar-refractivity contribution in [2.75, 3.05) is 26.3 Å². The Kier molecular flexibility index (Phi) is 6.49. The van der Waals surface area contributed by atoms with Gasteiger partial charge in [-0.25, -0.2) is 4.79 Å². The van der Waals surface area contributed by atoms with Crippen LogP contribution < -0.4 is 10.6 Å². The third-order valence-corrected chi connectivity index (χ3v) is 2.72. The molecule has 3 N–H and O–H groups in total. The normalized spacial score (nSPS) is 16.1. The molecule has 1 rings (SSSR count). The minimum Gasteiger partial charge on any atom is -0.481 e. The summed E-state index contributed by atoms with van der Waals surface area (Å²) in [5.41, 5.74) is 0. The van der Waals surface area contributed by atoms with Crippen LogP contribution in [0.2, 0.25) is 0 Å². The SMILES string of the molecule is CC(CNC(=O)NCCOCC1CC1)CC(=O)O. The average molecular weight is 258 g/mol. The molecule has 0 saturated heterocycles. The molecule has 0 heterocycles. The fourth-order valence-electron chi connectivity index (χ4n) is 1.47. The van der Waals surface area contributed by atoms with Gasteiger partial charge in [0.05, 0.1) is 6.61 Å². The summed E-state index contributed by atoms with van der Waals surface area (Å²) in [6, 6.07) is -0.276. The lowest BCUT2D eigenvalue weighted by molar-refractivity contribution is -0.137. The number of carbonyl (C=O) groups excluding carboxylic acids is 1. The minimum absolute atomic E-state index is 0.0603. The van der Waals surface area contributed by atoms with Crippen molar-refractivity contribution in [3.05, 3.63) is 0 Å². The maximum absolute atomic E-state index is 11.3. The Bertz CT molecular complexity index is 279. The second-order valence-corrected chi connectivity index (χ2v) is 4.86. The molecule has 0 aliphatic heterocycles. The van der Waals surface area contributed by atoms with Gasteiger partial charge in [-0.2, -0.15) is 0 Å². The zero-order valence-corrected chi connectivity index (χ0v) is 10.8. The van der Waals surface area contributed by atoms with E-state index < -0.39 is 5.97 Å². The standard InChI is InChI=1S/C12H22N2O4/c1-9(6-11(15)16)7-14-12(17)13-4-5-18-8-10-2-3-10/h9-10H,2-8H2,1H3,(H,15,16)(H2,13,14,17). The maximum atomic E-state index is 11.3. The summed E-state index contributed by atoms with van der Waals surface area (Å²) in [6.07, 6.45) is 2.58. The van der Waals surface area contributed by atoms with Gasteiger partial charge in [0.2, 0.25) is 0 Å². The Morgan fingerprint density at radius 2 is 2.11 bits per heavy atom. The molecule has 1 unspecified atom stereocenters. The Balaban J connectivity index is 1.90. The number of nitrogens with one attached hydrogen (secondary N) is 2. The summed E-state index contributed by atoms with van der Waals surface area (Å²) in [5, 5.41) is 13.8. The molecule has 0 aromatic rings. The number of carbonyl (C=O) groups is 2. The highest BCUT2D eigenvalue weighted by atomic mass is 16.5. The second kappa shape index (κ2) is 7.92. The molecule has 0 spiro atoms. The van der Waals surface area contributed by atoms with Crippen LogP contribution in [0.15, 0.2) is 0 Å². The van der Waals surface area contributed by atoms with Gasteiger partial charge in [-0.3, -0.25) is 4.79 Å². The van der Waals surface area contributed by atoms with Crippen molar-refractivity contribution in [1.29, 1.82) is 0 Å². The summed E-state index contributed by atoms with van der Waals surface area (Å²) in [6.45, 7) is 3.94. The number of ether oxygens (including phenoxy) is 1. The zero-order chi connectivity index (χ0) is 13.4. The Labute approximate surface area is 107 Å². The first-order valence-electron chi connectivity index (χ1n) is 6.39. The molecular weight excluding hydrogens is 236 g/mol. The Morgan fingerprint density at radius 1 is 1.39 bits per heavy atom. The van der Waals surface area contributed by atoms with Crippen molar-refractivity contribution in [2.24, 2.45) is 11.8 Å². The van der Waals surface area contributed by atoms with E-state index in [2.05, 4.69) is 10.6 Å². The summed E-state index contributed by atoms with van der Waals surface area (Å²) in [7, 11) is 0. The first-order chi connectivity index (χ1) is 8.58. The van der Waals surface area contributed by atoms with Gasteiger partial charge in [0.15, 0.2) is 0 Å². The van der Waals surface area contributed by atoms with Gasteiger partial charge in [-0.15, -0.1) is 0 Å². The first-order valence-corrected chi connectivity index (χ1v) is 6.39. The molecule has 0 aromatic carbocycles. The van der Waals surface area contributed by atoms with Crippen molar-refractivity contribution < 1.29 is 19.4 Å². The van der Waals surface area contributed by atoms with E-state index in [1.165, 1.54) is 12.8 Å². The van der Waals surface area contributed by atoms with Crippen LogP contribution in [0.1, 0.15) is 26.2 Å². The van der Waals surface area contributed by atoms with Gasteiger partial charge in [0.25, 0.3) is 0 Å². The molecule has 1 aliphatic rings. The fraction of sp³-hybridized carbons (Fsp3) is 0.833. The van der Waals surface area contributed by atoms with Gasteiger partial charge >= 0.3 is 12.0 Å². The van der Waals surface area contributed by atoms with E-state index in [0.29, 0.717) is 19.7 Å². The van der Waals surface area contributed by atoms with E-state index in [0.717, 1.165) is 12.5 Å². The number of hydrogen-bond acceptors (Lipinski definition) is 3. The maximum Gasteiger partial charge on any atom is 0.314 e. The summed E-state index contributed by atoms with van der Waals surface area (Å²) < 4.78 is 5.37. The van der Waals surface area contributed by atoms with Crippen molar-refractivity contribution in [3.8, 4) is 0 Å². The van der Waals surface area contributed by atoms with Gasteiger partial charge in [-0.1, -0.05) is 6.92 Å². The molecule has 6 nitrogen and oxygen atoms in total. The third kappa shape index (κ3) is 7.89. The van der Waals surface area contributed by atoms with Crippen LogP contribution in [0.5, 0.6) is 0 Å². The van der Waals surface area contributed by atoms with Crippen LogP contribution in [0.4, 0.5) is 4.79 Å². The van der Waals surface area contributed by atoms with Crippen LogP contribution >= 0.6 is 0 Å². The smallest absolute Gasteiger partial charge is 0.314 e. The Morgan fingerprint density at radius 3 is 2.72 bits per heavy atom. The first kappa shape index (κ1) is 14.8. The molecular formula is C12H22N2O4. The van der Waals surface area contributed by atoms with Crippen LogP contribution in [-0.4, -0.2) is 43.4 Å². The number of carboxylic acids is 1. The topological polar surface area (TPSA) is 87.7 Å². The van der Waals surface area contributed by atoms with E-state index in [4.69, 9.17) is 9.84 Å². The van der Waals surface area contributed by atoms with Gasteiger partial charge in [-0.05, 0) is 24.7 Å². The predicted molar refractivity (Wildman–Crippen MR) is 66.4 cm³/mol. The average Bonchev–Trinajstić information content (AvgIpc) is 3.09. The zero-order valence-electron chi connectivity index (χ0n) is 10.8. The third-order valence-electron chi connectivity index (χ3n) is 2.72. The van der Waals surface area contributed by atoms with Gasteiger partial charge < -0.3 is 20.5 Å². The van der Waals surface area contributed by atoms with Crippen LogP contribution in [0.3, 0.4) is 0 Å². The molecule has 1 aliphatic carbocycles. The fourth-order valence-corrected chi connectivity index (χ4v) is 1.47. The van der Waals surface area contributed by atoms with E-state index in [9.17, 15) is 9.59 Å². The lowest BCUT2D eigenvalue weighted by Gasteiger charge is -2.11. The molecule has 18 heavy (non-hydrogen) atoms. The van der Waals surface area contributed by atoms with Crippen molar-refractivity contribution >= 4 is 12.0 Å². The summed E-state index contributed by atoms with van der Waals surface area (Å²) in [4.78, 5) is 21.7. The Hall–Kier alpha value is -1.30. The molecule has 1 fully saturated rings. The molecule has 1 saturated carbocycles. The second-order valence-electron chi connectivity index (χ2n) is 4.86. The highest BCUT2D eigenvalue weighted by molar-refractivity contribution is 5.73. The van der Waals surface area contributed by atoms with Crippen LogP contribution in [-0.2, 0) is 9.53 Å². The molecule has 6 heteroatoms. The summed E-state index contributed by atoms with van der Waals surface area (Å²) in [5.74, 6) is -0.187. The number of rotatable bonds is 9. The van der Waals surface area contributed by atoms with Crippen LogP contribution in [0.25, 0.3) is 0 Å².